The molecule has 1 heterocycles. The van der Waals surface area contributed by atoms with E-state index in [1.165, 1.54) is 39.8 Å². The van der Waals surface area contributed by atoms with Gasteiger partial charge in [0.1, 0.15) is 29.7 Å². The highest BCUT2D eigenvalue weighted by atomic mass is 19.1. The summed E-state index contributed by atoms with van der Waals surface area (Å²) in [7, 11) is 0. The van der Waals surface area contributed by atoms with Gasteiger partial charge in [0.25, 0.3) is 0 Å². The van der Waals surface area contributed by atoms with Crippen LogP contribution in [0.15, 0.2) is 35.4 Å². The van der Waals surface area contributed by atoms with Crippen molar-refractivity contribution in [2.75, 3.05) is 13.2 Å². The molecule has 14 nitrogen and oxygen atoms in total. The van der Waals surface area contributed by atoms with E-state index in [-0.39, 0.29) is 42.1 Å². The largest absolute Gasteiger partial charge is 0.456 e. The molecule has 3 aliphatic rings. The Morgan fingerprint density at radius 1 is 1.11 bits per heavy atom. The fraction of sp³-hybridized carbons (Fsp3) is 0.659. The van der Waals surface area contributed by atoms with Crippen LogP contribution in [0.4, 0.5) is 4.39 Å². The van der Waals surface area contributed by atoms with Crippen LogP contribution in [-0.4, -0.2) is 106 Å². The van der Waals surface area contributed by atoms with Crippen LogP contribution in [0.2, 0.25) is 0 Å². The molecule has 1 aliphatic heterocycles. The summed E-state index contributed by atoms with van der Waals surface area (Å²) in [6.45, 7) is 14.7. The first-order chi connectivity index (χ1) is 25.8. The van der Waals surface area contributed by atoms with Gasteiger partial charge in [-0.05, 0) is 43.0 Å². The molecule has 1 aromatic carbocycles. The van der Waals surface area contributed by atoms with Crippen LogP contribution in [0.25, 0.3) is 0 Å². The first-order valence-corrected chi connectivity index (χ1v) is 18.9. The number of ether oxygens (including phenoxy) is 4. The molecular weight excluding hydrogens is 733 g/mol. The number of carbonyl (C=O) groups excluding carboxylic acids is 6. The monoisotopic (exact) mass is 789 g/mol. The first-order valence-electron chi connectivity index (χ1n) is 18.9. The Kier molecular flexibility index (Phi) is 13.1. The molecular formula is C41H56FNO13. The maximum Gasteiger partial charge on any atom is 0.338 e. The summed E-state index contributed by atoms with van der Waals surface area (Å²) in [5.41, 5.74) is -7.25. The molecule has 4 rings (SSSR count). The third-order valence-corrected chi connectivity index (χ3v) is 11.5. The topological polar surface area (TPSA) is 212 Å². The molecule has 4 unspecified atom stereocenters. The number of benzene rings is 1. The molecule has 2 aliphatic carbocycles. The first kappa shape index (κ1) is 44.7. The van der Waals surface area contributed by atoms with Crippen LogP contribution in [0.3, 0.4) is 0 Å². The Balaban J connectivity index is 1.92. The summed E-state index contributed by atoms with van der Waals surface area (Å²) in [5.74, 6) is -9.41. The van der Waals surface area contributed by atoms with E-state index < -0.39 is 119 Å². The van der Waals surface area contributed by atoms with Crippen molar-refractivity contribution in [3.05, 3.63) is 46.8 Å². The number of carbonyl (C=O) groups is 6. The number of aliphatic hydroxyl groups excluding tert-OH is 2. The van der Waals surface area contributed by atoms with Crippen molar-refractivity contribution in [1.82, 2.24) is 5.32 Å². The minimum atomic E-state index is -2.42. The Labute approximate surface area is 326 Å². The Hall–Kier alpha value is -4.05. The van der Waals surface area contributed by atoms with E-state index in [2.05, 4.69) is 5.32 Å². The van der Waals surface area contributed by atoms with Crippen LogP contribution >= 0.6 is 0 Å². The van der Waals surface area contributed by atoms with Crippen molar-refractivity contribution in [3.8, 4) is 0 Å². The Morgan fingerprint density at radius 3 is 2.27 bits per heavy atom. The molecule has 9 atom stereocenters. The number of amides is 1. The summed E-state index contributed by atoms with van der Waals surface area (Å²) in [4.78, 5) is 82.3. The van der Waals surface area contributed by atoms with E-state index in [0.717, 1.165) is 19.1 Å². The zero-order valence-electron chi connectivity index (χ0n) is 33.8. The van der Waals surface area contributed by atoms with Crippen molar-refractivity contribution >= 4 is 35.4 Å². The van der Waals surface area contributed by atoms with Gasteiger partial charge < -0.3 is 39.6 Å². The van der Waals surface area contributed by atoms with Gasteiger partial charge in [0.2, 0.25) is 17.5 Å². The van der Waals surface area contributed by atoms with Crippen LogP contribution in [0.5, 0.6) is 0 Å². The lowest BCUT2D eigenvalue weighted by Gasteiger charge is -2.61. The van der Waals surface area contributed by atoms with Crippen LogP contribution in [0, 0.1) is 34.4 Å². The van der Waals surface area contributed by atoms with Gasteiger partial charge >= 0.3 is 17.9 Å². The average Bonchev–Trinajstić information content (AvgIpc) is 3.09. The highest BCUT2D eigenvalue weighted by molar-refractivity contribution is 6.44. The number of esters is 3. The van der Waals surface area contributed by atoms with Crippen molar-refractivity contribution in [1.29, 1.82) is 0 Å². The minimum absolute atomic E-state index is 0.0832. The number of halogens is 1. The molecule has 4 N–H and O–H groups in total. The van der Waals surface area contributed by atoms with E-state index >= 15 is 0 Å². The van der Waals surface area contributed by atoms with Crippen molar-refractivity contribution in [3.63, 3.8) is 0 Å². The maximum absolute atomic E-state index is 14.4. The lowest BCUT2D eigenvalue weighted by molar-refractivity contribution is -0.307. The van der Waals surface area contributed by atoms with Crippen molar-refractivity contribution in [2.24, 2.45) is 28.6 Å². The lowest BCUT2D eigenvalue weighted by Crippen LogP contribution is -2.75. The number of hydrogen-bond donors (Lipinski definition) is 4. The second-order valence-corrected chi connectivity index (χ2v) is 17.3. The van der Waals surface area contributed by atoms with Crippen LogP contribution < -0.4 is 5.32 Å². The predicted octanol–water partition coefficient (Wildman–Crippen LogP) is 3.17. The highest BCUT2D eigenvalue weighted by Gasteiger charge is 2.71. The summed E-state index contributed by atoms with van der Waals surface area (Å²) in [6, 6.07) is 3.46. The number of ketones is 2. The van der Waals surface area contributed by atoms with E-state index in [1.54, 1.807) is 20.8 Å². The SMILES string of the molecule is CC(=O)OC1(C2C(C)C(=O)C(=O)C3=C(C)[C@@H](OC(=O)[C@H](O)[C@H](CC(C)C)NC(=O)C(C)(C)C)C[C@@](O)([C@H]2OC(=O)c2cccc(F)c2)C3(C)C)COC1CCO. The minimum Gasteiger partial charge on any atom is -0.456 e. The van der Waals surface area contributed by atoms with E-state index in [9.17, 15) is 48.5 Å². The summed E-state index contributed by atoms with van der Waals surface area (Å²) in [5, 5.41) is 37.3. The molecule has 0 radical (unpaired) electrons. The molecule has 2 fully saturated rings. The molecule has 15 heteroatoms. The van der Waals surface area contributed by atoms with Crippen LogP contribution in [0.1, 0.15) is 98.9 Å². The second-order valence-electron chi connectivity index (χ2n) is 17.3. The molecule has 0 aromatic heterocycles. The molecule has 1 amide bonds. The average molecular weight is 790 g/mol. The van der Waals surface area contributed by atoms with Crippen molar-refractivity contribution in [2.45, 2.75) is 130 Å². The van der Waals surface area contributed by atoms with Crippen LogP contribution in [-0.2, 0) is 42.9 Å². The van der Waals surface area contributed by atoms with Gasteiger partial charge in [-0.2, -0.15) is 0 Å². The Bertz CT molecular complexity index is 1760. The molecule has 0 spiro atoms. The number of Topliss-reactive ketones (excluding diaryl/α,β-unsaturated/α-hetero) is 2. The number of nitrogens with one attached hydrogen (secondary N) is 1. The van der Waals surface area contributed by atoms with Gasteiger partial charge in [0, 0.05) is 48.7 Å². The maximum atomic E-state index is 14.4. The summed E-state index contributed by atoms with van der Waals surface area (Å²) >= 11 is 0. The predicted molar refractivity (Wildman–Crippen MR) is 197 cm³/mol. The van der Waals surface area contributed by atoms with Crippen molar-refractivity contribution < 1.29 is 67.4 Å². The smallest absolute Gasteiger partial charge is 0.338 e. The molecule has 56 heavy (non-hydrogen) atoms. The fourth-order valence-corrected chi connectivity index (χ4v) is 8.41. The number of rotatable bonds is 12. The zero-order chi connectivity index (χ0) is 42.3. The number of aliphatic hydroxyl groups is 3. The molecule has 310 valence electrons. The van der Waals surface area contributed by atoms with Gasteiger partial charge in [-0.15, -0.1) is 0 Å². The zero-order valence-corrected chi connectivity index (χ0v) is 33.8. The van der Waals surface area contributed by atoms with Gasteiger partial charge in [-0.1, -0.05) is 61.5 Å². The van der Waals surface area contributed by atoms with E-state index in [1.807, 2.05) is 13.8 Å². The molecule has 1 saturated heterocycles. The molecule has 1 saturated carbocycles. The standard InChI is InChI=1S/C41H56FNO13/c1-20(2)16-26(43-37(51)38(6,7)8)32(47)36(50)54-27-18-41(52)34(55-35(49)24-12-11-13-25(42)17-24)30(40(56-23(5)45)19-53-28(40)14-15-44)22(4)31(46)33(48)29(21(27)3)39(41,9)10/h11-13,17,20,22,26-28,30,32,34,44,47,52H,14-16,18-19H2,1-10H3,(H,43,51)/t22?,26-,27-,28?,30?,32+,34-,40?,41+/m0/s1. The third-order valence-electron chi connectivity index (χ3n) is 11.5. The summed E-state index contributed by atoms with van der Waals surface area (Å²) < 4.78 is 38.1. The Morgan fingerprint density at radius 2 is 1.75 bits per heavy atom. The van der Waals surface area contributed by atoms with E-state index in [4.69, 9.17) is 18.9 Å². The number of fused-ring (bicyclic) bond motifs is 2. The highest BCUT2D eigenvalue weighted by Crippen LogP contribution is 2.58. The van der Waals surface area contributed by atoms with Gasteiger partial charge in [0.05, 0.1) is 24.1 Å². The third kappa shape index (κ3) is 8.32. The lowest BCUT2D eigenvalue weighted by atomic mass is 9.51. The quantitative estimate of drug-likeness (QED) is 0.136. The van der Waals surface area contributed by atoms with Gasteiger partial charge in [-0.3, -0.25) is 19.2 Å². The second kappa shape index (κ2) is 16.4. The summed E-state index contributed by atoms with van der Waals surface area (Å²) in [6.07, 6.45) is -6.83. The van der Waals surface area contributed by atoms with E-state index in [0.29, 0.717) is 0 Å². The number of hydrogen-bond acceptors (Lipinski definition) is 13. The normalized spacial score (nSPS) is 30.0. The fourth-order valence-electron chi connectivity index (χ4n) is 8.41. The van der Waals surface area contributed by atoms with Gasteiger partial charge in [-0.25, -0.2) is 14.0 Å². The molecule has 1 aromatic rings. The molecule has 2 bridgehead atoms. The van der Waals surface area contributed by atoms with Gasteiger partial charge in [0.15, 0.2) is 11.7 Å².